The average molecular weight is 428 g/mol. The molecule has 0 saturated carbocycles. The number of nitrogens with one attached hydrogen (secondary N) is 1. The Balaban J connectivity index is 1.80. The number of morpholine rings is 1. The molecule has 0 radical (unpaired) electrons. The number of benzene rings is 1. The number of carbonyl (C=O) groups excluding carboxylic acids is 1. The Kier molecular flexibility index (Phi) is 7.84. The van der Waals surface area contributed by atoms with E-state index in [1.165, 1.54) is 4.31 Å². The van der Waals surface area contributed by atoms with Crippen LogP contribution in [0.5, 0.6) is 0 Å². The van der Waals surface area contributed by atoms with Crippen molar-refractivity contribution in [2.45, 2.75) is 17.7 Å². The van der Waals surface area contributed by atoms with E-state index < -0.39 is 10.0 Å². The number of hydrogen-bond acceptors (Lipinski definition) is 7. The second-order valence-corrected chi connectivity index (χ2v) is 8.92. The molecule has 1 aromatic rings. The van der Waals surface area contributed by atoms with E-state index in [-0.39, 0.29) is 17.4 Å². The zero-order chi connectivity index (χ0) is 20.7. The van der Waals surface area contributed by atoms with Crippen molar-refractivity contribution in [1.29, 1.82) is 0 Å². The van der Waals surface area contributed by atoms with Crippen LogP contribution in [0.25, 0.3) is 0 Å². The van der Waals surface area contributed by atoms with Crippen LogP contribution < -0.4 is 10.2 Å². The summed E-state index contributed by atoms with van der Waals surface area (Å²) in [5.41, 5.74) is 1.32. The molecule has 1 N–H and O–H groups in total. The number of amides is 1. The van der Waals surface area contributed by atoms with Gasteiger partial charge in [-0.1, -0.05) is 0 Å². The molecule has 2 fully saturated rings. The maximum atomic E-state index is 13.0. The quantitative estimate of drug-likeness (QED) is 0.585. The largest absolute Gasteiger partial charge is 0.382 e. The van der Waals surface area contributed by atoms with Crippen LogP contribution in [0, 0.1) is 0 Å². The minimum atomic E-state index is -3.65. The highest BCUT2D eigenvalue weighted by atomic mass is 32.2. The van der Waals surface area contributed by atoms with Crippen molar-refractivity contribution in [2.75, 3.05) is 76.5 Å². The van der Waals surface area contributed by atoms with Gasteiger partial charge < -0.3 is 24.4 Å². The molecule has 29 heavy (non-hydrogen) atoms. The number of ether oxygens (including phenoxy) is 3. The fraction of sp³-hybridized carbons (Fsp3) is 0.632. The third kappa shape index (κ3) is 5.67. The van der Waals surface area contributed by atoms with Gasteiger partial charge in [0.15, 0.2) is 0 Å². The SMILES string of the molecule is COCCOCC(=O)Nc1cc(S(=O)(=O)N2CCOCC2)ccc1N1CCCC1. The lowest BCUT2D eigenvalue weighted by Crippen LogP contribution is -2.40. The van der Waals surface area contributed by atoms with Crippen molar-refractivity contribution in [3.63, 3.8) is 0 Å². The average Bonchev–Trinajstić information content (AvgIpc) is 3.26. The molecular weight excluding hydrogens is 398 g/mol. The lowest BCUT2D eigenvalue weighted by atomic mass is 10.2. The number of rotatable bonds is 9. The normalized spacial score (nSPS) is 18.2. The first-order chi connectivity index (χ1) is 14.0. The van der Waals surface area contributed by atoms with E-state index in [2.05, 4.69) is 10.2 Å². The van der Waals surface area contributed by atoms with Crippen LogP contribution >= 0.6 is 0 Å². The van der Waals surface area contributed by atoms with Gasteiger partial charge in [-0.15, -0.1) is 0 Å². The predicted octanol–water partition coefficient (Wildman–Crippen LogP) is 0.909. The van der Waals surface area contributed by atoms with E-state index >= 15 is 0 Å². The standard InChI is InChI=1S/C19H29N3O6S/c1-26-12-13-28-15-19(23)20-17-14-16(4-5-18(17)21-6-2-3-7-21)29(24,25)22-8-10-27-11-9-22/h4-5,14H,2-3,6-13,15H2,1H3,(H,20,23). The number of carbonyl (C=O) groups is 1. The molecular formula is C19H29N3O6S. The molecule has 1 aromatic carbocycles. The molecule has 0 spiro atoms. The van der Waals surface area contributed by atoms with Gasteiger partial charge in [0.1, 0.15) is 6.61 Å². The number of anilines is 2. The molecule has 0 aliphatic carbocycles. The Bertz CT molecular complexity index is 789. The zero-order valence-corrected chi connectivity index (χ0v) is 17.6. The summed E-state index contributed by atoms with van der Waals surface area (Å²) in [7, 11) is -2.09. The minimum absolute atomic E-state index is 0.122. The topological polar surface area (TPSA) is 97.4 Å². The molecule has 2 saturated heterocycles. The third-order valence-electron chi connectivity index (χ3n) is 4.96. The van der Waals surface area contributed by atoms with Gasteiger partial charge in [0, 0.05) is 33.3 Å². The first kappa shape index (κ1) is 22.0. The Morgan fingerprint density at radius 2 is 1.86 bits per heavy atom. The van der Waals surface area contributed by atoms with E-state index in [9.17, 15) is 13.2 Å². The predicted molar refractivity (Wildman–Crippen MR) is 109 cm³/mol. The van der Waals surface area contributed by atoms with Gasteiger partial charge in [-0.25, -0.2) is 8.42 Å². The summed E-state index contributed by atoms with van der Waals surface area (Å²) < 4.78 is 42.9. The summed E-state index contributed by atoms with van der Waals surface area (Å²) >= 11 is 0. The maximum absolute atomic E-state index is 13.0. The van der Waals surface area contributed by atoms with Gasteiger partial charge >= 0.3 is 0 Å². The molecule has 3 rings (SSSR count). The highest BCUT2D eigenvalue weighted by Crippen LogP contribution is 2.32. The Morgan fingerprint density at radius 1 is 1.14 bits per heavy atom. The Hall–Kier alpha value is -1.72. The van der Waals surface area contributed by atoms with Crippen LogP contribution in [0.3, 0.4) is 0 Å². The summed E-state index contributed by atoms with van der Waals surface area (Å²) in [6.45, 7) is 3.76. The molecule has 1 amide bonds. The first-order valence-corrected chi connectivity index (χ1v) is 11.3. The highest BCUT2D eigenvalue weighted by molar-refractivity contribution is 7.89. The number of hydrogen-bond donors (Lipinski definition) is 1. The van der Waals surface area contributed by atoms with Gasteiger partial charge in [-0.2, -0.15) is 4.31 Å². The Labute approximate surface area is 171 Å². The highest BCUT2D eigenvalue weighted by Gasteiger charge is 2.28. The summed E-state index contributed by atoms with van der Waals surface area (Å²) in [6.07, 6.45) is 2.14. The molecule has 0 bridgehead atoms. The van der Waals surface area contributed by atoms with Crippen molar-refractivity contribution in [1.82, 2.24) is 4.31 Å². The zero-order valence-electron chi connectivity index (χ0n) is 16.8. The van der Waals surface area contributed by atoms with Crippen LogP contribution in [-0.2, 0) is 29.0 Å². The van der Waals surface area contributed by atoms with Crippen molar-refractivity contribution in [3.05, 3.63) is 18.2 Å². The van der Waals surface area contributed by atoms with Gasteiger partial charge in [0.05, 0.1) is 42.7 Å². The van der Waals surface area contributed by atoms with Crippen molar-refractivity contribution < 1.29 is 27.4 Å². The number of sulfonamides is 1. The fourth-order valence-electron chi connectivity index (χ4n) is 3.44. The van der Waals surface area contributed by atoms with Gasteiger partial charge in [0.2, 0.25) is 15.9 Å². The van der Waals surface area contributed by atoms with Gasteiger partial charge in [-0.05, 0) is 31.0 Å². The van der Waals surface area contributed by atoms with E-state index in [0.29, 0.717) is 45.2 Å². The van der Waals surface area contributed by atoms with Crippen LogP contribution in [0.4, 0.5) is 11.4 Å². The van der Waals surface area contributed by atoms with E-state index in [4.69, 9.17) is 14.2 Å². The molecule has 2 heterocycles. The summed E-state index contributed by atoms with van der Waals surface area (Å²) in [5.74, 6) is -0.331. The monoisotopic (exact) mass is 427 g/mol. The van der Waals surface area contributed by atoms with Crippen molar-refractivity contribution in [3.8, 4) is 0 Å². The summed E-state index contributed by atoms with van der Waals surface area (Å²) in [4.78, 5) is 14.7. The second kappa shape index (κ2) is 10.4. The smallest absolute Gasteiger partial charge is 0.250 e. The number of nitrogens with zero attached hydrogens (tertiary/aromatic N) is 2. The lowest BCUT2D eigenvalue weighted by Gasteiger charge is -2.27. The molecule has 0 aromatic heterocycles. The second-order valence-electron chi connectivity index (χ2n) is 6.98. The van der Waals surface area contributed by atoms with Crippen molar-refractivity contribution >= 4 is 27.3 Å². The van der Waals surface area contributed by atoms with Crippen LogP contribution in [0.1, 0.15) is 12.8 Å². The molecule has 0 atom stereocenters. The van der Waals surface area contributed by atoms with Gasteiger partial charge in [-0.3, -0.25) is 4.79 Å². The fourth-order valence-corrected chi connectivity index (χ4v) is 4.87. The molecule has 0 unspecified atom stereocenters. The molecule has 2 aliphatic rings. The summed E-state index contributed by atoms with van der Waals surface area (Å²) in [6, 6.07) is 4.94. The number of methoxy groups -OCH3 is 1. The van der Waals surface area contributed by atoms with Gasteiger partial charge in [0.25, 0.3) is 0 Å². The Morgan fingerprint density at radius 3 is 2.55 bits per heavy atom. The van der Waals surface area contributed by atoms with E-state index in [1.54, 1.807) is 25.3 Å². The lowest BCUT2D eigenvalue weighted by molar-refractivity contribution is -0.121. The minimum Gasteiger partial charge on any atom is -0.382 e. The molecule has 9 nitrogen and oxygen atoms in total. The van der Waals surface area contributed by atoms with Crippen LogP contribution in [0.15, 0.2) is 23.1 Å². The third-order valence-corrected chi connectivity index (χ3v) is 6.86. The van der Waals surface area contributed by atoms with Crippen LogP contribution in [0.2, 0.25) is 0 Å². The first-order valence-electron chi connectivity index (χ1n) is 9.86. The van der Waals surface area contributed by atoms with E-state index in [1.807, 2.05) is 0 Å². The van der Waals surface area contributed by atoms with Crippen molar-refractivity contribution in [2.24, 2.45) is 0 Å². The molecule has 2 aliphatic heterocycles. The van der Waals surface area contributed by atoms with Crippen LogP contribution in [-0.4, -0.2) is 85.0 Å². The summed E-state index contributed by atoms with van der Waals surface area (Å²) in [5, 5.41) is 2.83. The maximum Gasteiger partial charge on any atom is 0.250 e. The molecule has 10 heteroatoms. The van der Waals surface area contributed by atoms with E-state index in [0.717, 1.165) is 31.6 Å². The molecule has 162 valence electrons.